The minimum Gasteiger partial charge on any atom is -0.370 e. The fourth-order valence-corrected chi connectivity index (χ4v) is 4.34. The highest BCUT2D eigenvalue weighted by Crippen LogP contribution is 2.50. The predicted octanol–water partition coefficient (Wildman–Crippen LogP) is 4.07. The summed E-state index contributed by atoms with van der Waals surface area (Å²) in [6.07, 6.45) is -0.950. The fraction of sp³-hybridized carbons (Fsp3) is 0.500. The maximum atomic E-state index is 13.1. The lowest BCUT2D eigenvalue weighted by Crippen LogP contribution is -2.40. The Balaban J connectivity index is 1.47. The van der Waals surface area contributed by atoms with Gasteiger partial charge in [0.1, 0.15) is 11.6 Å². The summed E-state index contributed by atoms with van der Waals surface area (Å²) in [5, 5.41) is 0. The summed E-state index contributed by atoms with van der Waals surface area (Å²) >= 11 is 0. The van der Waals surface area contributed by atoms with Crippen molar-refractivity contribution in [3.8, 4) is 0 Å². The standard InChI is InChI=1S/C22H23F3N6O/c1-12-7-14(3-4-26-12)17-11-31(5-6-32-17)21-29-18(15-8-16(9-15)22(23,24)25)19-20(30-21)28-13(2)10-27-19/h3-4,7,10,15-17H,5-6,8-9,11H2,1-2H3/t15-,16-,17-/m1/s1. The molecule has 7 nitrogen and oxygen atoms in total. The van der Waals surface area contributed by atoms with Crippen molar-refractivity contribution in [2.24, 2.45) is 5.92 Å². The molecule has 0 N–H and O–H groups in total. The minimum absolute atomic E-state index is 0.0205. The Morgan fingerprint density at radius 3 is 2.62 bits per heavy atom. The average Bonchev–Trinajstić information content (AvgIpc) is 2.71. The van der Waals surface area contributed by atoms with E-state index in [9.17, 15) is 13.2 Å². The quantitative estimate of drug-likeness (QED) is 0.603. The predicted molar refractivity (Wildman–Crippen MR) is 111 cm³/mol. The molecule has 0 unspecified atom stereocenters. The summed E-state index contributed by atoms with van der Waals surface area (Å²) in [5.41, 5.74) is 4.08. The normalized spacial score (nSPS) is 23.9. The Morgan fingerprint density at radius 2 is 1.88 bits per heavy atom. The Kier molecular flexibility index (Phi) is 5.19. The molecule has 0 aromatic carbocycles. The first-order chi connectivity index (χ1) is 15.3. The highest BCUT2D eigenvalue weighted by molar-refractivity contribution is 5.74. The first kappa shape index (κ1) is 21.0. The van der Waals surface area contributed by atoms with Crippen LogP contribution in [0, 0.1) is 19.8 Å². The number of hydrogen-bond donors (Lipinski definition) is 0. The second kappa shape index (κ2) is 7.91. The van der Waals surface area contributed by atoms with Crippen LogP contribution in [0.2, 0.25) is 0 Å². The van der Waals surface area contributed by atoms with Crippen molar-refractivity contribution in [2.75, 3.05) is 24.6 Å². The lowest BCUT2D eigenvalue weighted by molar-refractivity contribution is -0.197. The monoisotopic (exact) mass is 444 g/mol. The third kappa shape index (κ3) is 3.99. The zero-order valence-electron chi connectivity index (χ0n) is 17.8. The van der Waals surface area contributed by atoms with Crippen LogP contribution in [0.3, 0.4) is 0 Å². The van der Waals surface area contributed by atoms with Crippen molar-refractivity contribution in [1.29, 1.82) is 0 Å². The Hall–Kier alpha value is -2.88. The Labute approximate surface area is 183 Å². The van der Waals surface area contributed by atoms with E-state index in [1.807, 2.05) is 30.9 Å². The van der Waals surface area contributed by atoms with Crippen LogP contribution in [0.5, 0.6) is 0 Å². The summed E-state index contributed by atoms with van der Waals surface area (Å²) in [7, 11) is 0. The molecule has 1 atom stereocenters. The molecule has 1 saturated heterocycles. The smallest absolute Gasteiger partial charge is 0.370 e. The molecule has 3 aromatic rings. The molecular weight excluding hydrogens is 421 g/mol. The third-order valence-electron chi connectivity index (χ3n) is 6.17. The van der Waals surface area contributed by atoms with Crippen molar-refractivity contribution in [3.63, 3.8) is 0 Å². The number of ether oxygens (including phenoxy) is 1. The number of aromatic nitrogens is 5. The van der Waals surface area contributed by atoms with Gasteiger partial charge in [-0.25, -0.2) is 15.0 Å². The summed E-state index contributed by atoms with van der Waals surface area (Å²) in [6.45, 7) is 5.34. The van der Waals surface area contributed by atoms with Crippen molar-refractivity contribution in [3.05, 3.63) is 47.2 Å². The van der Waals surface area contributed by atoms with Crippen molar-refractivity contribution in [1.82, 2.24) is 24.9 Å². The van der Waals surface area contributed by atoms with Gasteiger partial charge >= 0.3 is 6.18 Å². The third-order valence-corrected chi connectivity index (χ3v) is 6.17. The first-order valence-corrected chi connectivity index (χ1v) is 10.6. The zero-order chi connectivity index (χ0) is 22.5. The summed E-state index contributed by atoms with van der Waals surface area (Å²) < 4.78 is 45.2. The molecule has 2 fully saturated rings. The van der Waals surface area contributed by atoms with Crippen LogP contribution in [0.25, 0.3) is 11.2 Å². The van der Waals surface area contributed by atoms with Gasteiger partial charge in [-0.05, 0) is 44.4 Å². The van der Waals surface area contributed by atoms with Gasteiger partial charge in [-0.3, -0.25) is 4.98 Å². The number of hydrogen-bond acceptors (Lipinski definition) is 7. The van der Waals surface area contributed by atoms with E-state index in [1.54, 1.807) is 12.4 Å². The van der Waals surface area contributed by atoms with Gasteiger partial charge < -0.3 is 9.64 Å². The number of morpholine rings is 1. The second-order valence-electron chi connectivity index (χ2n) is 8.54. The van der Waals surface area contributed by atoms with E-state index in [-0.39, 0.29) is 24.9 Å². The number of fused-ring (bicyclic) bond motifs is 1. The number of alkyl halides is 3. The fourth-order valence-electron chi connectivity index (χ4n) is 4.34. The number of halogens is 3. The molecule has 2 aliphatic rings. The van der Waals surface area contributed by atoms with Gasteiger partial charge in [0.05, 0.1) is 30.5 Å². The SMILES string of the molecule is Cc1cc([C@H]2CN(c3nc4nc(C)cnc4c([C@H]4C[C@H](C(F)(F)F)C4)n3)CCO2)ccn1. The highest BCUT2D eigenvalue weighted by Gasteiger charge is 2.49. The molecule has 0 radical (unpaired) electrons. The van der Waals surface area contributed by atoms with Crippen LogP contribution in [0.15, 0.2) is 24.5 Å². The Bertz CT molecular complexity index is 1150. The molecule has 0 amide bonds. The summed E-state index contributed by atoms with van der Waals surface area (Å²) in [4.78, 5) is 24.5. The van der Waals surface area contributed by atoms with Crippen LogP contribution in [0.1, 0.15) is 47.5 Å². The van der Waals surface area contributed by atoms with E-state index in [1.165, 1.54) is 0 Å². The van der Waals surface area contributed by atoms with Crippen LogP contribution in [0.4, 0.5) is 19.1 Å². The summed E-state index contributed by atoms with van der Waals surface area (Å²) in [6, 6.07) is 3.91. The van der Waals surface area contributed by atoms with Gasteiger partial charge in [0.2, 0.25) is 5.95 Å². The van der Waals surface area contributed by atoms with Crippen LogP contribution in [-0.4, -0.2) is 50.8 Å². The molecular formula is C22H23F3N6O. The molecule has 0 spiro atoms. The molecule has 32 heavy (non-hydrogen) atoms. The summed E-state index contributed by atoms with van der Waals surface area (Å²) in [5.74, 6) is -1.13. The van der Waals surface area contributed by atoms with Gasteiger partial charge in [-0.15, -0.1) is 0 Å². The van der Waals surface area contributed by atoms with E-state index in [2.05, 4.69) is 19.9 Å². The van der Waals surface area contributed by atoms with Gasteiger partial charge in [0, 0.05) is 30.6 Å². The van der Waals surface area contributed by atoms with Crippen molar-refractivity contribution >= 4 is 17.1 Å². The number of rotatable bonds is 3. The number of anilines is 1. The zero-order valence-corrected chi connectivity index (χ0v) is 17.8. The molecule has 0 bridgehead atoms. The molecule has 1 aliphatic carbocycles. The maximum absolute atomic E-state index is 13.1. The highest BCUT2D eigenvalue weighted by atomic mass is 19.4. The van der Waals surface area contributed by atoms with E-state index in [0.29, 0.717) is 48.2 Å². The molecule has 1 saturated carbocycles. The Morgan fingerprint density at radius 1 is 1.06 bits per heavy atom. The first-order valence-electron chi connectivity index (χ1n) is 10.6. The molecule has 1 aliphatic heterocycles. The van der Waals surface area contributed by atoms with Gasteiger partial charge in [-0.2, -0.15) is 18.2 Å². The number of nitrogens with zero attached hydrogens (tertiary/aromatic N) is 6. The number of aryl methyl sites for hydroxylation is 2. The van der Waals surface area contributed by atoms with E-state index < -0.39 is 12.1 Å². The molecule has 10 heteroatoms. The van der Waals surface area contributed by atoms with Crippen LogP contribution >= 0.6 is 0 Å². The molecule has 168 valence electrons. The lowest BCUT2D eigenvalue weighted by Gasteiger charge is -2.37. The van der Waals surface area contributed by atoms with Crippen molar-refractivity contribution in [2.45, 2.75) is 44.9 Å². The average molecular weight is 444 g/mol. The largest absolute Gasteiger partial charge is 0.391 e. The molecule has 3 aromatic heterocycles. The van der Waals surface area contributed by atoms with Crippen LogP contribution in [-0.2, 0) is 4.74 Å². The molecule has 4 heterocycles. The minimum atomic E-state index is -4.18. The maximum Gasteiger partial charge on any atom is 0.391 e. The molecule has 5 rings (SSSR count). The van der Waals surface area contributed by atoms with Gasteiger partial charge in [0.25, 0.3) is 0 Å². The van der Waals surface area contributed by atoms with Crippen LogP contribution < -0.4 is 4.90 Å². The second-order valence-corrected chi connectivity index (χ2v) is 8.54. The van der Waals surface area contributed by atoms with Crippen molar-refractivity contribution < 1.29 is 17.9 Å². The van der Waals surface area contributed by atoms with E-state index >= 15 is 0 Å². The van der Waals surface area contributed by atoms with E-state index in [0.717, 1.165) is 11.3 Å². The topological polar surface area (TPSA) is 76.9 Å². The van der Waals surface area contributed by atoms with E-state index in [4.69, 9.17) is 9.72 Å². The number of pyridine rings is 1. The van der Waals surface area contributed by atoms with Gasteiger partial charge in [0.15, 0.2) is 5.65 Å². The van der Waals surface area contributed by atoms with Gasteiger partial charge in [-0.1, -0.05) is 0 Å². The lowest BCUT2D eigenvalue weighted by atomic mass is 9.72.